The molecule has 1 unspecified atom stereocenters. The fourth-order valence-corrected chi connectivity index (χ4v) is 5.36. The van der Waals surface area contributed by atoms with E-state index in [1.807, 2.05) is 48.5 Å². The first kappa shape index (κ1) is 20.8. The fraction of sp³-hybridized carbons (Fsp3) is 0.160. The number of hydrogen-bond acceptors (Lipinski definition) is 4. The average Bonchev–Trinajstić information content (AvgIpc) is 3.37. The summed E-state index contributed by atoms with van der Waals surface area (Å²) >= 11 is 6.50. The summed E-state index contributed by atoms with van der Waals surface area (Å²) in [5.74, 6) is 1.15. The number of halogens is 1. The third-order valence-corrected chi connectivity index (χ3v) is 7.22. The zero-order valence-electron chi connectivity index (χ0n) is 17.3. The second-order valence-electron chi connectivity index (χ2n) is 7.63. The van der Waals surface area contributed by atoms with E-state index >= 15 is 0 Å². The number of hydrogen-bond donors (Lipinski definition) is 1. The lowest BCUT2D eigenvalue weighted by molar-refractivity contribution is -0.114. The van der Waals surface area contributed by atoms with E-state index in [1.54, 1.807) is 7.11 Å². The Balaban J connectivity index is 1.40. The van der Waals surface area contributed by atoms with Crippen molar-refractivity contribution in [3.63, 3.8) is 0 Å². The van der Waals surface area contributed by atoms with Crippen molar-refractivity contribution in [1.82, 2.24) is 4.72 Å². The zero-order chi connectivity index (χ0) is 22.2. The van der Waals surface area contributed by atoms with Crippen molar-refractivity contribution in [3.8, 4) is 22.6 Å². The topological polar surface area (TPSA) is 64.6 Å². The van der Waals surface area contributed by atoms with E-state index in [-0.39, 0.29) is 12.0 Å². The molecule has 0 saturated heterocycles. The van der Waals surface area contributed by atoms with Crippen molar-refractivity contribution in [2.75, 3.05) is 7.11 Å². The molecule has 2 aliphatic rings. The molecule has 0 radical (unpaired) electrons. The van der Waals surface area contributed by atoms with Gasteiger partial charge in [0.05, 0.1) is 12.0 Å². The molecule has 0 bridgehead atoms. The standard InChI is InChI=1S/C25H20ClNO4S/c1-30-17-9-11-22(26)21(13-17)18-3-2-4-20-19(18)10-12-23(20)31-16-7-5-15(6-8-16)24-14-25(28)27-32(24)29/h2-9,11,13-14,23H,10,12H2,1H3,(H,27,28)/t23-,32?/m1/s1. The summed E-state index contributed by atoms with van der Waals surface area (Å²) in [4.78, 5) is 11.9. The Morgan fingerprint density at radius 2 is 1.81 bits per heavy atom. The lowest BCUT2D eigenvalue weighted by atomic mass is 9.96. The predicted molar refractivity (Wildman–Crippen MR) is 126 cm³/mol. The largest absolute Gasteiger partial charge is 0.497 e. The van der Waals surface area contributed by atoms with Gasteiger partial charge in [0.2, 0.25) is 0 Å². The lowest BCUT2D eigenvalue weighted by Gasteiger charge is -2.17. The summed E-state index contributed by atoms with van der Waals surface area (Å²) in [6, 6.07) is 19.2. The van der Waals surface area contributed by atoms with Gasteiger partial charge in [-0.15, -0.1) is 0 Å². The second kappa shape index (κ2) is 8.45. The molecule has 1 aliphatic heterocycles. The van der Waals surface area contributed by atoms with Crippen LogP contribution >= 0.6 is 11.6 Å². The highest BCUT2D eigenvalue weighted by atomic mass is 35.5. The number of amides is 1. The summed E-state index contributed by atoms with van der Waals surface area (Å²) in [7, 11) is 0.139. The van der Waals surface area contributed by atoms with Crippen LogP contribution in [0.1, 0.15) is 29.2 Å². The molecule has 1 aliphatic carbocycles. The van der Waals surface area contributed by atoms with E-state index in [4.69, 9.17) is 21.1 Å². The Morgan fingerprint density at radius 1 is 1.03 bits per heavy atom. The Kier molecular flexibility index (Phi) is 5.49. The van der Waals surface area contributed by atoms with Crippen molar-refractivity contribution in [3.05, 3.63) is 88.5 Å². The van der Waals surface area contributed by atoms with E-state index in [9.17, 15) is 9.00 Å². The van der Waals surface area contributed by atoms with Crippen molar-refractivity contribution in [2.24, 2.45) is 0 Å². The molecule has 0 fully saturated rings. The summed E-state index contributed by atoms with van der Waals surface area (Å²) in [6.45, 7) is 0. The first-order valence-electron chi connectivity index (χ1n) is 10.2. The number of carbonyl (C=O) groups excluding carboxylic acids is 1. The number of methoxy groups -OCH3 is 1. The Bertz CT molecular complexity index is 1270. The predicted octanol–water partition coefficient (Wildman–Crippen LogP) is 5.22. The molecule has 2 atom stereocenters. The third kappa shape index (κ3) is 3.80. The first-order chi connectivity index (χ1) is 15.5. The maximum Gasteiger partial charge on any atom is 0.257 e. The molecule has 3 aromatic carbocycles. The van der Waals surface area contributed by atoms with Crippen molar-refractivity contribution < 1.29 is 18.5 Å². The van der Waals surface area contributed by atoms with Crippen molar-refractivity contribution in [1.29, 1.82) is 0 Å². The van der Waals surface area contributed by atoms with Gasteiger partial charge in [0.15, 0.2) is 11.0 Å². The van der Waals surface area contributed by atoms with Gasteiger partial charge in [0.25, 0.3) is 5.91 Å². The minimum Gasteiger partial charge on any atom is -0.497 e. The van der Waals surface area contributed by atoms with Crippen LogP contribution in [0, 0.1) is 0 Å². The molecular weight excluding hydrogens is 446 g/mol. The number of rotatable bonds is 5. The van der Waals surface area contributed by atoms with Crippen LogP contribution in [-0.2, 0) is 22.2 Å². The molecule has 0 spiro atoms. The van der Waals surface area contributed by atoms with Gasteiger partial charge in [-0.1, -0.05) is 41.9 Å². The van der Waals surface area contributed by atoms with E-state index in [2.05, 4.69) is 16.9 Å². The number of ether oxygens (including phenoxy) is 2. The highest BCUT2D eigenvalue weighted by Crippen LogP contribution is 2.42. The molecule has 7 heteroatoms. The van der Waals surface area contributed by atoms with Crippen LogP contribution in [0.4, 0.5) is 0 Å². The van der Waals surface area contributed by atoms with Gasteiger partial charge in [-0.05, 0) is 65.4 Å². The summed E-state index contributed by atoms with van der Waals surface area (Å²) in [5, 5.41) is 0.686. The Labute approximate surface area is 193 Å². The second-order valence-corrected chi connectivity index (χ2v) is 9.22. The fourth-order valence-electron chi connectivity index (χ4n) is 4.23. The molecule has 0 aromatic heterocycles. The SMILES string of the molecule is COc1ccc(Cl)c(-c2cccc3c2CC[C@H]3Oc2ccc(C3=CC(=O)NS3=O)cc2)c1. The van der Waals surface area contributed by atoms with Crippen LogP contribution in [0.3, 0.4) is 0 Å². The number of nitrogens with one attached hydrogen (secondary N) is 1. The third-order valence-electron chi connectivity index (χ3n) is 5.75. The van der Waals surface area contributed by atoms with Gasteiger partial charge in [0, 0.05) is 16.7 Å². The lowest BCUT2D eigenvalue weighted by Crippen LogP contribution is -2.16. The minimum absolute atomic E-state index is 0.0664. The van der Waals surface area contributed by atoms with E-state index in [0.29, 0.717) is 9.93 Å². The molecule has 162 valence electrons. The van der Waals surface area contributed by atoms with Crippen LogP contribution in [0.2, 0.25) is 5.02 Å². The number of carbonyl (C=O) groups is 1. The minimum atomic E-state index is -1.51. The number of benzene rings is 3. The van der Waals surface area contributed by atoms with Crippen molar-refractivity contribution in [2.45, 2.75) is 18.9 Å². The summed E-state index contributed by atoms with van der Waals surface area (Å²) < 4.78 is 26.0. The highest BCUT2D eigenvalue weighted by molar-refractivity contribution is 7.93. The maximum atomic E-state index is 12.0. The first-order valence-corrected chi connectivity index (χ1v) is 11.7. The summed E-state index contributed by atoms with van der Waals surface area (Å²) in [6.07, 6.45) is 3.05. The molecular formula is C25H20ClNO4S. The van der Waals surface area contributed by atoms with Crippen LogP contribution in [0.5, 0.6) is 11.5 Å². The normalized spacial score (nSPS) is 19.3. The van der Waals surface area contributed by atoms with Crippen LogP contribution in [0.15, 0.2) is 66.7 Å². The van der Waals surface area contributed by atoms with Gasteiger partial charge < -0.3 is 9.47 Å². The van der Waals surface area contributed by atoms with Gasteiger partial charge in [-0.2, -0.15) is 0 Å². The molecule has 1 N–H and O–H groups in total. The maximum absolute atomic E-state index is 12.0. The van der Waals surface area contributed by atoms with Crippen LogP contribution in [0.25, 0.3) is 16.0 Å². The zero-order valence-corrected chi connectivity index (χ0v) is 18.8. The smallest absolute Gasteiger partial charge is 0.257 e. The number of fused-ring (bicyclic) bond motifs is 1. The molecule has 0 saturated carbocycles. The Hall–Kier alpha value is -3.09. The molecule has 32 heavy (non-hydrogen) atoms. The summed E-state index contributed by atoms with van der Waals surface area (Å²) in [5.41, 5.74) is 5.17. The van der Waals surface area contributed by atoms with E-state index in [0.717, 1.165) is 46.6 Å². The highest BCUT2D eigenvalue weighted by Gasteiger charge is 2.27. The van der Waals surface area contributed by atoms with Crippen molar-refractivity contribution >= 4 is 33.4 Å². The Morgan fingerprint density at radius 3 is 2.53 bits per heavy atom. The van der Waals surface area contributed by atoms with Crippen LogP contribution in [-0.4, -0.2) is 17.2 Å². The quantitative estimate of drug-likeness (QED) is 0.561. The molecule has 3 aromatic rings. The average molecular weight is 466 g/mol. The van der Waals surface area contributed by atoms with Crippen LogP contribution < -0.4 is 14.2 Å². The molecule has 5 nitrogen and oxygen atoms in total. The molecule has 5 rings (SSSR count). The molecule has 1 heterocycles. The van der Waals surface area contributed by atoms with E-state index in [1.165, 1.54) is 11.6 Å². The van der Waals surface area contributed by atoms with Gasteiger partial charge in [0.1, 0.15) is 17.6 Å². The van der Waals surface area contributed by atoms with Gasteiger partial charge in [-0.3, -0.25) is 9.52 Å². The van der Waals surface area contributed by atoms with E-state index < -0.39 is 11.0 Å². The van der Waals surface area contributed by atoms with Gasteiger partial charge >= 0.3 is 0 Å². The molecule has 1 amide bonds. The monoisotopic (exact) mass is 465 g/mol. The van der Waals surface area contributed by atoms with Gasteiger partial charge in [-0.25, -0.2) is 4.21 Å².